The third-order valence-corrected chi connectivity index (χ3v) is 6.71. The van der Waals surface area contributed by atoms with Gasteiger partial charge in [0.1, 0.15) is 5.75 Å². The number of nitrogens with zero attached hydrogens (tertiary/aromatic N) is 2. The number of carbonyl (C=O) groups excluding carboxylic acids is 1. The molecule has 1 heterocycles. The fraction of sp³-hybridized carbons (Fsp3) is 0.167. The lowest BCUT2D eigenvalue weighted by molar-refractivity contribution is -0.130. The maximum Gasteiger partial charge on any atom is 0.261 e. The first-order valence-corrected chi connectivity index (χ1v) is 11.6. The molecule has 2 N–H and O–H groups in total. The van der Waals surface area contributed by atoms with E-state index in [0.717, 1.165) is 5.56 Å². The summed E-state index contributed by atoms with van der Waals surface area (Å²) in [5.74, 6) is -0.149. The zero-order chi connectivity index (χ0) is 22.9. The van der Waals surface area contributed by atoms with Crippen LogP contribution in [-0.2, 0) is 14.8 Å². The summed E-state index contributed by atoms with van der Waals surface area (Å²) < 4.78 is 28.1. The molecule has 164 valence electrons. The third-order valence-electron chi connectivity index (χ3n) is 5.31. The third kappa shape index (κ3) is 4.36. The molecule has 0 aliphatic carbocycles. The number of rotatable bonds is 5. The second-order valence-corrected chi connectivity index (χ2v) is 9.37. The SMILES string of the molecule is CC(=O)N1N=C(c2cccc(NS(=O)(=O)c3ccc(C)cc3)c2)CC1c1ccccc1O. The van der Waals surface area contributed by atoms with Crippen LogP contribution in [0.5, 0.6) is 5.75 Å². The Bertz CT molecular complexity index is 1300. The zero-order valence-electron chi connectivity index (χ0n) is 17.7. The Labute approximate surface area is 187 Å². The summed E-state index contributed by atoms with van der Waals surface area (Å²) in [5.41, 5.74) is 3.30. The van der Waals surface area contributed by atoms with E-state index in [1.165, 1.54) is 11.9 Å². The molecule has 0 aromatic heterocycles. The van der Waals surface area contributed by atoms with Crippen molar-refractivity contribution in [3.8, 4) is 5.75 Å². The van der Waals surface area contributed by atoms with Crippen LogP contribution in [0.25, 0.3) is 0 Å². The van der Waals surface area contributed by atoms with E-state index in [-0.39, 0.29) is 16.6 Å². The number of aromatic hydroxyl groups is 1. The van der Waals surface area contributed by atoms with Crippen LogP contribution in [0.4, 0.5) is 5.69 Å². The van der Waals surface area contributed by atoms with Crippen LogP contribution >= 0.6 is 0 Å². The Hall–Kier alpha value is -3.65. The van der Waals surface area contributed by atoms with Gasteiger partial charge in [-0.05, 0) is 42.8 Å². The van der Waals surface area contributed by atoms with Crippen molar-refractivity contribution >= 4 is 27.3 Å². The number of phenolic OH excluding ortho intramolecular Hbond substituents is 1. The Morgan fingerprint density at radius 2 is 1.78 bits per heavy atom. The molecule has 0 spiro atoms. The Balaban J connectivity index is 1.62. The van der Waals surface area contributed by atoms with Crippen molar-refractivity contribution in [3.05, 3.63) is 89.5 Å². The van der Waals surface area contributed by atoms with Gasteiger partial charge >= 0.3 is 0 Å². The summed E-state index contributed by atoms with van der Waals surface area (Å²) in [6, 6.07) is 19.9. The van der Waals surface area contributed by atoms with Crippen molar-refractivity contribution in [2.45, 2.75) is 31.2 Å². The number of hydrazone groups is 1. The average molecular weight is 450 g/mol. The summed E-state index contributed by atoms with van der Waals surface area (Å²) in [7, 11) is -3.74. The quantitative estimate of drug-likeness (QED) is 0.610. The predicted octanol–water partition coefficient (Wildman–Crippen LogP) is 4.20. The van der Waals surface area contributed by atoms with Crippen molar-refractivity contribution < 1.29 is 18.3 Å². The summed E-state index contributed by atoms with van der Waals surface area (Å²) in [5, 5.41) is 16.1. The lowest BCUT2D eigenvalue weighted by Gasteiger charge is -2.21. The lowest BCUT2D eigenvalue weighted by Crippen LogP contribution is -2.24. The molecule has 3 aromatic rings. The van der Waals surface area contributed by atoms with Gasteiger partial charge in [0, 0.05) is 24.6 Å². The van der Waals surface area contributed by atoms with Crippen molar-refractivity contribution in [3.63, 3.8) is 0 Å². The maximum absolute atomic E-state index is 12.7. The van der Waals surface area contributed by atoms with Gasteiger partial charge in [-0.1, -0.05) is 48.0 Å². The number of phenols is 1. The van der Waals surface area contributed by atoms with Crippen LogP contribution in [0.3, 0.4) is 0 Å². The second kappa shape index (κ2) is 8.47. The van der Waals surface area contributed by atoms with Gasteiger partial charge in [-0.2, -0.15) is 5.10 Å². The van der Waals surface area contributed by atoms with Gasteiger partial charge in [0.15, 0.2) is 0 Å². The highest BCUT2D eigenvalue weighted by Crippen LogP contribution is 2.37. The molecule has 32 heavy (non-hydrogen) atoms. The normalized spacial score (nSPS) is 16.0. The highest BCUT2D eigenvalue weighted by Gasteiger charge is 2.33. The van der Waals surface area contributed by atoms with E-state index < -0.39 is 16.1 Å². The number of hydrogen-bond donors (Lipinski definition) is 2. The molecular weight excluding hydrogens is 426 g/mol. The molecule has 4 rings (SSSR count). The maximum atomic E-state index is 12.7. The van der Waals surface area contributed by atoms with E-state index in [1.807, 2.05) is 13.0 Å². The van der Waals surface area contributed by atoms with Crippen LogP contribution in [0, 0.1) is 6.92 Å². The van der Waals surface area contributed by atoms with E-state index in [2.05, 4.69) is 9.82 Å². The number of anilines is 1. The molecule has 1 unspecified atom stereocenters. The number of para-hydroxylation sites is 1. The molecule has 0 saturated heterocycles. The van der Waals surface area contributed by atoms with Crippen molar-refractivity contribution in [1.82, 2.24) is 5.01 Å². The smallest absolute Gasteiger partial charge is 0.261 e. The van der Waals surface area contributed by atoms with Crippen LogP contribution < -0.4 is 4.72 Å². The van der Waals surface area contributed by atoms with Gasteiger partial charge in [0.05, 0.1) is 16.6 Å². The first kappa shape index (κ1) is 21.6. The first-order chi connectivity index (χ1) is 15.2. The van der Waals surface area contributed by atoms with Gasteiger partial charge in [0.2, 0.25) is 5.91 Å². The van der Waals surface area contributed by atoms with Gasteiger partial charge in [-0.3, -0.25) is 9.52 Å². The molecule has 7 nitrogen and oxygen atoms in total. The largest absolute Gasteiger partial charge is 0.508 e. The minimum Gasteiger partial charge on any atom is -0.508 e. The molecule has 0 saturated carbocycles. The van der Waals surface area contributed by atoms with Crippen LogP contribution in [-0.4, -0.2) is 30.2 Å². The van der Waals surface area contributed by atoms with E-state index in [4.69, 9.17) is 0 Å². The number of sulfonamides is 1. The predicted molar refractivity (Wildman–Crippen MR) is 123 cm³/mol. The van der Waals surface area contributed by atoms with E-state index in [1.54, 1.807) is 66.7 Å². The summed E-state index contributed by atoms with van der Waals surface area (Å²) in [4.78, 5) is 12.4. The zero-order valence-corrected chi connectivity index (χ0v) is 18.5. The van der Waals surface area contributed by atoms with Gasteiger partial charge < -0.3 is 5.11 Å². The standard InChI is InChI=1S/C24H23N3O4S/c1-16-10-12-20(13-11-16)32(30,31)26-19-7-5-6-18(14-19)22-15-23(27(25-22)17(2)28)21-8-3-4-9-24(21)29/h3-14,23,26,29H,15H2,1-2H3. The number of hydrogen-bond acceptors (Lipinski definition) is 5. The summed E-state index contributed by atoms with van der Waals surface area (Å²) in [6.45, 7) is 3.31. The molecule has 1 atom stereocenters. The molecule has 0 bridgehead atoms. The molecule has 1 aliphatic rings. The molecule has 3 aromatic carbocycles. The van der Waals surface area contributed by atoms with E-state index >= 15 is 0 Å². The number of carbonyl (C=O) groups is 1. The molecule has 1 amide bonds. The van der Waals surface area contributed by atoms with E-state index in [0.29, 0.717) is 28.9 Å². The molecule has 0 radical (unpaired) electrons. The van der Waals surface area contributed by atoms with Crippen molar-refractivity contribution in [2.75, 3.05) is 4.72 Å². The Morgan fingerprint density at radius 1 is 1.06 bits per heavy atom. The molecular formula is C24H23N3O4S. The van der Waals surface area contributed by atoms with Crippen LogP contribution in [0.2, 0.25) is 0 Å². The fourth-order valence-electron chi connectivity index (χ4n) is 3.68. The molecule has 8 heteroatoms. The minimum atomic E-state index is -3.74. The minimum absolute atomic E-state index is 0.0970. The highest BCUT2D eigenvalue weighted by molar-refractivity contribution is 7.92. The van der Waals surface area contributed by atoms with Crippen molar-refractivity contribution in [2.24, 2.45) is 5.10 Å². The number of nitrogens with one attached hydrogen (secondary N) is 1. The lowest BCUT2D eigenvalue weighted by atomic mass is 9.97. The topological polar surface area (TPSA) is 99.1 Å². The highest BCUT2D eigenvalue weighted by atomic mass is 32.2. The number of aryl methyl sites for hydroxylation is 1. The Morgan fingerprint density at radius 3 is 2.47 bits per heavy atom. The fourth-order valence-corrected chi connectivity index (χ4v) is 4.73. The monoisotopic (exact) mass is 449 g/mol. The average Bonchev–Trinajstić information content (AvgIpc) is 3.20. The van der Waals surface area contributed by atoms with E-state index in [9.17, 15) is 18.3 Å². The Kier molecular flexibility index (Phi) is 5.71. The van der Waals surface area contributed by atoms with Gasteiger partial charge in [-0.25, -0.2) is 13.4 Å². The first-order valence-electron chi connectivity index (χ1n) is 10.1. The molecule has 0 fully saturated rings. The van der Waals surface area contributed by atoms with Crippen LogP contribution in [0.15, 0.2) is 82.8 Å². The molecule has 1 aliphatic heterocycles. The summed E-state index contributed by atoms with van der Waals surface area (Å²) in [6.07, 6.45) is 0.394. The van der Waals surface area contributed by atoms with Gasteiger partial charge in [-0.15, -0.1) is 0 Å². The van der Waals surface area contributed by atoms with Crippen molar-refractivity contribution in [1.29, 1.82) is 0 Å². The second-order valence-electron chi connectivity index (χ2n) is 7.69. The number of amides is 1. The summed E-state index contributed by atoms with van der Waals surface area (Å²) >= 11 is 0. The number of benzene rings is 3. The van der Waals surface area contributed by atoms with Gasteiger partial charge in [0.25, 0.3) is 10.0 Å². The van der Waals surface area contributed by atoms with Crippen LogP contribution in [0.1, 0.15) is 36.1 Å².